The van der Waals surface area contributed by atoms with Gasteiger partial charge in [-0.25, -0.2) is 4.79 Å². The second kappa shape index (κ2) is 8.33. The molecule has 0 spiro atoms. The van der Waals surface area contributed by atoms with Gasteiger partial charge < -0.3 is 19.8 Å². The Bertz CT molecular complexity index is 781. The first-order valence-electron chi connectivity index (χ1n) is 8.24. The van der Waals surface area contributed by atoms with Crippen LogP contribution < -0.4 is 10.6 Å². The fourth-order valence-electron chi connectivity index (χ4n) is 2.07. The summed E-state index contributed by atoms with van der Waals surface area (Å²) >= 11 is 0. The maximum atomic E-state index is 12.3. The van der Waals surface area contributed by atoms with E-state index in [0.717, 1.165) is 6.42 Å². The van der Waals surface area contributed by atoms with Gasteiger partial charge in [0.25, 0.3) is 11.8 Å². The largest absolute Gasteiger partial charge is 0.459 e. The van der Waals surface area contributed by atoms with Crippen molar-refractivity contribution in [1.29, 1.82) is 0 Å². The second-order valence-corrected chi connectivity index (χ2v) is 6.34. The molecule has 1 aromatic carbocycles. The SMILES string of the molecule is CCC(C)(C)NC(=O)COC(=O)c1ccccc1NC(=O)c1ccco1. The lowest BCUT2D eigenvalue weighted by molar-refractivity contribution is -0.125. The molecular weight excluding hydrogens is 336 g/mol. The monoisotopic (exact) mass is 358 g/mol. The van der Waals surface area contributed by atoms with E-state index in [2.05, 4.69) is 10.6 Å². The van der Waals surface area contributed by atoms with Crippen molar-refractivity contribution in [3.8, 4) is 0 Å². The van der Waals surface area contributed by atoms with Crippen molar-refractivity contribution in [2.24, 2.45) is 0 Å². The molecule has 0 atom stereocenters. The van der Waals surface area contributed by atoms with Gasteiger partial charge in [-0.05, 0) is 44.5 Å². The Kier molecular flexibility index (Phi) is 6.16. The van der Waals surface area contributed by atoms with E-state index in [1.807, 2.05) is 20.8 Å². The Morgan fingerprint density at radius 2 is 1.85 bits per heavy atom. The smallest absolute Gasteiger partial charge is 0.340 e. The molecule has 0 saturated carbocycles. The topological polar surface area (TPSA) is 97.6 Å². The molecule has 1 heterocycles. The van der Waals surface area contributed by atoms with Gasteiger partial charge in [-0.2, -0.15) is 0 Å². The molecule has 26 heavy (non-hydrogen) atoms. The molecule has 0 aliphatic heterocycles. The second-order valence-electron chi connectivity index (χ2n) is 6.34. The maximum Gasteiger partial charge on any atom is 0.340 e. The zero-order valence-electron chi connectivity index (χ0n) is 15.0. The summed E-state index contributed by atoms with van der Waals surface area (Å²) in [6, 6.07) is 9.48. The molecule has 0 radical (unpaired) electrons. The van der Waals surface area contributed by atoms with Crippen molar-refractivity contribution in [3.05, 3.63) is 54.0 Å². The number of hydrogen-bond donors (Lipinski definition) is 2. The molecule has 0 bridgehead atoms. The first-order valence-corrected chi connectivity index (χ1v) is 8.24. The predicted molar refractivity (Wildman–Crippen MR) is 95.9 cm³/mol. The molecule has 2 aromatic rings. The Labute approximate surface area is 151 Å². The standard InChI is InChI=1S/C19H22N2O5/c1-4-19(2,3)21-16(22)12-26-18(24)13-8-5-6-9-14(13)20-17(23)15-10-7-11-25-15/h5-11H,4,12H2,1-3H3,(H,20,23)(H,21,22). The van der Waals surface area contributed by atoms with Crippen LogP contribution in [-0.4, -0.2) is 29.9 Å². The minimum absolute atomic E-state index is 0.120. The van der Waals surface area contributed by atoms with Crippen molar-refractivity contribution in [2.45, 2.75) is 32.7 Å². The number of benzene rings is 1. The number of carbonyl (C=O) groups is 3. The Morgan fingerprint density at radius 3 is 2.50 bits per heavy atom. The van der Waals surface area contributed by atoms with Crippen LogP contribution in [0.3, 0.4) is 0 Å². The van der Waals surface area contributed by atoms with Crippen LogP contribution >= 0.6 is 0 Å². The van der Waals surface area contributed by atoms with Crippen LogP contribution in [0.1, 0.15) is 48.1 Å². The zero-order valence-corrected chi connectivity index (χ0v) is 15.0. The van der Waals surface area contributed by atoms with Gasteiger partial charge >= 0.3 is 5.97 Å². The number of carbonyl (C=O) groups excluding carboxylic acids is 3. The van der Waals surface area contributed by atoms with Crippen LogP contribution in [0, 0.1) is 0 Å². The number of esters is 1. The third kappa shape index (κ3) is 5.20. The van der Waals surface area contributed by atoms with E-state index in [9.17, 15) is 14.4 Å². The summed E-state index contributed by atoms with van der Waals surface area (Å²) in [6.45, 7) is 5.31. The lowest BCUT2D eigenvalue weighted by Gasteiger charge is -2.24. The predicted octanol–water partition coefficient (Wildman–Crippen LogP) is 2.99. The molecule has 7 nitrogen and oxygen atoms in total. The number of ether oxygens (including phenoxy) is 1. The van der Waals surface area contributed by atoms with Crippen molar-refractivity contribution >= 4 is 23.5 Å². The Hall–Kier alpha value is -3.09. The molecule has 2 rings (SSSR count). The minimum Gasteiger partial charge on any atom is -0.459 e. The molecule has 0 aliphatic rings. The molecule has 2 N–H and O–H groups in total. The van der Waals surface area contributed by atoms with Crippen molar-refractivity contribution < 1.29 is 23.5 Å². The van der Waals surface area contributed by atoms with Crippen LogP contribution in [0.15, 0.2) is 47.1 Å². The number of furan rings is 1. The van der Waals surface area contributed by atoms with Crippen LogP contribution in [0.25, 0.3) is 0 Å². The summed E-state index contributed by atoms with van der Waals surface area (Å²) in [5.41, 5.74) is 0.0430. The van der Waals surface area contributed by atoms with Gasteiger partial charge in [0, 0.05) is 5.54 Å². The number of amides is 2. The molecule has 7 heteroatoms. The fraction of sp³-hybridized carbons (Fsp3) is 0.316. The fourth-order valence-corrected chi connectivity index (χ4v) is 2.07. The lowest BCUT2D eigenvalue weighted by atomic mass is 10.0. The summed E-state index contributed by atoms with van der Waals surface area (Å²) in [4.78, 5) is 36.3. The average molecular weight is 358 g/mol. The molecule has 2 amide bonds. The highest BCUT2D eigenvalue weighted by Gasteiger charge is 2.20. The first kappa shape index (κ1) is 19.2. The van der Waals surface area contributed by atoms with Gasteiger partial charge in [-0.1, -0.05) is 19.1 Å². The van der Waals surface area contributed by atoms with E-state index in [-0.39, 0.29) is 28.5 Å². The highest BCUT2D eigenvalue weighted by Crippen LogP contribution is 2.17. The van der Waals surface area contributed by atoms with Gasteiger partial charge in [-0.3, -0.25) is 9.59 Å². The van der Waals surface area contributed by atoms with Gasteiger partial charge in [0.2, 0.25) is 0 Å². The number of hydrogen-bond acceptors (Lipinski definition) is 5. The minimum atomic E-state index is -0.704. The molecule has 1 aromatic heterocycles. The molecule has 138 valence electrons. The van der Waals surface area contributed by atoms with Crippen LogP contribution in [0.5, 0.6) is 0 Å². The molecule has 0 fully saturated rings. The first-order chi connectivity index (χ1) is 12.3. The van der Waals surface area contributed by atoms with Crippen LogP contribution in [0.2, 0.25) is 0 Å². The van der Waals surface area contributed by atoms with Gasteiger partial charge in [-0.15, -0.1) is 0 Å². The Morgan fingerprint density at radius 1 is 1.12 bits per heavy atom. The van der Waals surface area contributed by atoms with Gasteiger partial charge in [0.1, 0.15) is 0 Å². The average Bonchev–Trinajstić information content (AvgIpc) is 3.14. The van der Waals surface area contributed by atoms with E-state index in [4.69, 9.17) is 9.15 Å². The van der Waals surface area contributed by atoms with Crippen molar-refractivity contribution in [2.75, 3.05) is 11.9 Å². The summed E-state index contributed by atoms with van der Waals surface area (Å²) in [5, 5.41) is 5.37. The molecule has 0 saturated heterocycles. The Balaban J connectivity index is 2.01. The van der Waals surface area contributed by atoms with Crippen LogP contribution in [0.4, 0.5) is 5.69 Å². The third-order valence-electron chi connectivity index (χ3n) is 3.84. The van der Waals surface area contributed by atoms with E-state index in [0.29, 0.717) is 0 Å². The highest BCUT2D eigenvalue weighted by molar-refractivity contribution is 6.06. The normalized spacial score (nSPS) is 10.9. The zero-order chi connectivity index (χ0) is 19.2. The lowest BCUT2D eigenvalue weighted by Crippen LogP contribution is -2.44. The molecular formula is C19H22N2O5. The van der Waals surface area contributed by atoms with Crippen molar-refractivity contribution in [1.82, 2.24) is 5.32 Å². The molecule has 0 unspecified atom stereocenters. The summed E-state index contributed by atoms with van der Waals surface area (Å²) < 4.78 is 10.1. The molecule has 0 aliphatic carbocycles. The van der Waals surface area contributed by atoms with Gasteiger partial charge in [0.05, 0.1) is 17.5 Å². The summed E-state index contributed by atoms with van der Waals surface area (Å²) in [5.74, 6) is -1.46. The maximum absolute atomic E-state index is 12.3. The quantitative estimate of drug-likeness (QED) is 0.742. The number of anilines is 1. The number of rotatable bonds is 7. The van der Waals surface area contributed by atoms with Gasteiger partial charge in [0.15, 0.2) is 12.4 Å². The summed E-state index contributed by atoms with van der Waals surface area (Å²) in [7, 11) is 0. The van der Waals surface area contributed by atoms with Crippen molar-refractivity contribution in [3.63, 3.8) is 0 Å². The number of para-hydroxylation sites is 1. The third-order valence-corrected chi connectivity index (χ3v) is 3.84. The summed E-state index contributed by atoms with van der Waals surface area (Å²) in [6.07, 6.45) is 2.12. The number of nitrogens with one attached hydrogen (secondary N) is 2. The van der Waals surface area contributed by atoms with E-state index < -0.39 is 18.5 Å². The van der Waals surface area contributed by atoms with E-state index >= 15 is 0 Å². The van der Waals surface area contributed by atoms with E-state index in [1.54, 1.807) is 24.3 Å². The highest BCUT2D eigenvalue weighted by atomic mass is 16.5. The van der Waals surface area contributed by atoms with Crippen LogP contribution in [-0.2, 0) is 9.53 Å². The van der Waals surface area contributed by atoms with E-state index in [1.165, 1.54) is 18.4 Å².